The number of nitrogens with zero attached hydrogens (tertiary/aromatic N) is 1. The Morgan fingerprint density at radius 1 is 1.37 bits per heavy atom. The van der Waals surface area contributed by atoms with E-state index in [9.17, 15) is 0 Å². The lowest BCUT2D eigenvalue weighted by molar-refractivity contribution is 0.0117. The summed E-state index contributed by atoms with van der Waals surface area (Å²) >= 11 is 0. The summed E-state index contributed by atoms with van der Waals surface area (Å²) < 4.78 is 5.48. The van der Waals surface area contributed by atoms with Crippen LogP contribution >= 0.6 is 0 Å². The highest BCUT2D eigenvalue weighted by Crippen LogP contribution is 2.23. The predicted molar refractivity (Wildman–Crippen MR) is 79.3 cm³/mol. The zero-order chi connectivity index (χ0) is 13.7. The van der Waals surface area contributed by atoms with Crippen molar-refractivity contribution in [1.29, 1.82) is 0 Å². The van der Waals surface area contributed by atoms with Gasteiger partial charge in [-0.1, -0.05) is 37.3 Å². The standard InChI is InChI=1S/C16H26N2O/c1-13(14-6-4-3-5-7-14)12-18-9-8-16(19-2)10-15(18)11-17/h3-7,13,15-16H,8-12,17H2,1-2H3. The molecule has 19 heavy (non-hydrogen) atoms. The summed E-state index contributed by atoms with van der Waals surface area (Å²) in [6.07, 6.45) is 2.57. The van der Waals surface area contributed by atoms with Gasteiger partial charge in [-0.2, -0.15) is 0 Å². The van der Waals surface area contributed by atoms with Crippen molar-refractivity contribution in [3.8, 4) is 0 Å². The fraction of sp³-hybridized carbons (Fsp3) is 0.625. The van der Waals surface area contributed by atoms with Crippen LogP contribution in [0.25, 0.3) is 0 Å². The summed E-state index contributed by atoms with van der Waals surface area (Å²) in [5, 5.41) is 0. The van der Waals surface area contributed by atoms with Crippen LogP contribution in [0.15, 0.2) is 30.3 Å². The van der Waals surface area contributed by atoms with E-state index < -0.39 is 0 Å². The largest absolute Gasteiger partial charge is 0.381 e. The van der Waals surface area contributed by atoms with Crippen LogP contribution in [0.2, 0.25) is 0 Å². The van der Waals surface area contributed by atoms with E-state index in [4.69, 9.17) is 10.5 Å². The van der Waals surface area contributed by atoms with E-state index in [-0.39, 0.29) is 0 Å². The summed E-state index contributed by atoms with van der Waals surface area (Å²) in [6.45, 7) is 5.20. The van der Waals surface area contributed by atoms with E-state index in [1.807, 2.05) is 0 Å². The summed E-state index contributed by atoms with van der Waals surface area (Å²) in [7, 11) is 1.81. The molecule has 0 aromatic heterocycles. The molecule has 3 atom stereocenters. The summed E-state index contributed by atoms with van der Waals surface area (Å²) in [5.74, 6) is 0.550. The zero-order valence-electron chi connectivity index (χ0n) is 12.1. The Morgan fingerprint density at radius 3 is 2.74 bits per heavy atom. The van der Waals surface area contributed by atoms with Crippen LogP contribution in [0.3, 0.4) is 0 Å². The molecule has 1 heterocycles. The highest BCUT2D eigenvalue weighted by molar-refractivity contribution is 5.19. The van der Waals surface area contributed by atoms with Gasteiger partial charge in [0.25, 0.3) is 0 Å². The van der Waals surface area contributed by atoms with Crippen LogP contribution in [0.4, 0.5) is 0 Å². The number of methoxy groups -OCH3 is 1. The molecule has 0 spiro atoms. The number of nitrogens with two attached hydrogens (primary N) is 1. The van der Waals surface area contributed by atoms with Crippen LogP contribution in [0.5, 0.6) is 0 Å². The maximum absolute atomic E-state index is 5.93. The first kappa shape index (κ1) is 14.5. The first-order valence-electron chi connectivity index (χ1n) is 7.26. The van der Waals surface area contributed by atoms with Crippen LogP contribution in [0, 0.1) is 0 Å². The van der Waals surface area contributed by atoms with Crippen LogP contribution < -0.4 is 5.73 Å². The van der Waals surface area contributed by atoms with Crippen molar-refractivity contribution in [2.24, 2.45) is 5.73 Å². The third-order valence-corrected chi connectivity index (χ3v) is 4.27. The fourth-order valence-corrected chi connectivity index (χ4v) is 3.00. The highest BCUT2D eigenvalue weighted by atomic mass is 16.5. The number of hydrogen-bond donors (Lipinski definition) is 1. The van der Waals surface area contributed by atoms with Gasteiger partial charge in [-0.25, -0.2) is 0 Å². The van der Waals surface area contributed by atoms with Gasteiger partial charge in [0.2, 0.25) is 0 Å². The summed E-state index contributed by atoms with van der Waals surface area (Å²) in [6, 6.07) is 11.2. The summed E-state index contributed by atoms with van der Waals surface area (Å²) in [4.78, 5) is 2.53. The van der Waals surface area contributed by atoms with E-state index in [2.05, 4.69) is 42.2 Å². The van der Waals surface area contributed by atoms with Crippen molar-refractivity contribution in [1.82, 2.24) is 4.90 Å². The van der Waals surface area contributed by atoms with Crippen molar-refractivity contribution in [2.45, 2.75) is 37.8 Å². The molecule has 2 N–H and O–H groups in total. The molecule has 0 bridgehead atoms. The molecule has 2 rings (SSSR count). The molecule has 1 aromatic rings. The smallest absolute Gasteiger partial charge is 0.0599 e. The molecule has 3 heteroatoms. The molecule has 0 amide bonds. The van der Waals surface area contributed by atoms with E-state index >= 15 is 0 Å². The molecule has 106 valence electrons. The van der Waals surface area contributed by atoms with Crippen LogP contribution in [0.1, 0.15) is 31.2 Å². The number of likely N-dealkylation sites (tertiary alicyclic amines) is 1. The lowest BCUT2D eigenvalue weighted by Gasteiger charge is -2.39. The van der Waals surface area contributed by atoms with Crippen molar-refractivity contribution < 1.29 is 4.74 Å². The maximum atomic E-state index is 5.93. The number of benzene rings is 1. The second-order valence-electron chi connectivity index (χ2n) is 5.58. The van der Waals surface area contributed by atoms with Crippen molar-refractivity contribution >= 4 is 0 Å². The highest BCUT2D eigenvalue weighted by Gasteiger charge is 2.28. The average molecular weight is 262 g/mol. The molecule has 0 saturated carbocycles. The van der Waals surface area contributed by atoms with E-state index in [0.717, 1.165) is 32.5 Å². The van der Waals surface area contributed by atoms with Gasteiger partial charge >= 0.3 is 0 Å². The Hall–Kier alpha value is -0.900. The lowest BCUT2D eigenvalue weighted by atomic mass is 9.95. The fourth-order valence-electron chi connectivity index (χ4n) is 3.00. The normalized spacial score (nSPS) is 26.3. The van der Waals surface area contributed by atoms with Gasteiger partial charge in [0, 0.05) is 32.8 Å². The Bertz CT molecular complexity index is 368. The molecule has 0 radical (unpaired) electrons. The van der Waals surface area contributed by atoms with Crippen molar-refractivity contribution in [3.63, 3.8) is 0 Å². The van der Waals surface area contributed by atoms with Gasteiger partial charge in [-0.05, 0) is 24.3 Å². The third-order valence-electron chi connectivity index (χ3n) is 4.27. The Kier molecular flexibility index (Phi) is 5.37. The van der Waals surface area contributed by atoms with E-state index in [1.54, 1.807) is 7.11 Å². The van der Waals surface area contributed by atoms with Crippen molar-refractivity contribution in [3.05, 3.63) is 35.9 Å². The molecule has 1 aliphatic rings. The molecule has 3 unspecified atom stereocenters. The quantitative estimate of drug-likeness (QED) is 0.884. The topological polar surface area (TPSA) is 38.5 Å². The maximum Gasteiger partial charge on any atom is 0.0599 e. The average Bonchev–Trinajstić information content (AvgIpc) is 2.48. The molecule has 0 aliphatic carbocycles. The van der Waals surface area contributed by atoms with Crippen LogP contribution in [-0.2, 0) is 4.74 Å². The number of rotatable bonds is 5. The Morgan fingerprint density at radius 2 is 2.11 bits per heavy atom. The lowest BCUT2D eigenvalue weighted by Crippen LogP contribution is -2.49. The second-order valence-corrected chi connectivity index (χ2v) is 5.58. The van der Waals surface area contributed by atoms with E-state index in [1.165, 1.54) is 5.56 Å². The number of ether oxygens (including phenoxy) is 1. The molecule has 1 aliphatic heterocycles. The number of hydrogen-bond acceptors (Lipinski definition) is 3. The molecule has 3 nitrogen and oxygen atoms in total. The third kappa shape index (κ3) is 3.78. The first-order chi connectivity index (χ1) is 9.24. The van der Waals surface area contributed by atoms with Crippen molar-refractivity contribution in [2.75, 3.05) is 26.7 Å². The van der Waals surface area contributed by atoms with Gasteiger partial charge in [-0.15, -0.1) is 0 Å². The van der Waals surface area contributed by atoms with Gasteiger partial charge in [-0.3, -0.25) is 4.90 Å². The minimum atomic E-state index is 0.386. The monoisotopic (exact) mass is 262 g/mol. The van der Waals surface area contributed by atoms with Gasteiger partial charge in [0.1, 0.15) is 0 Å². The molecule has 1 aromatic carbocycles. The second kappa shape index (κ2) is 7.04. The molecule has 1 fully saturated rings. The Balaban J connectivity index is 1.94. The predicted octanol–water partition coefficient (Wildman–Crippen LogP) is 2.23. The molecular weight excluding hydrogens is 236 g/mol. The first-order valence-corrected chi connectivity index (χ1v) is 7.26. The molecule has 1 saturated heterocycles. The minimum absolute atomic E-state index is 0.386. The molecular formula is C16H26N2O. The van der Waals surface area contributed by atoms with E-state index in [0.29, 0.717) is 18.1 Å². The van der Waals surface area contributed by atoms with Gasteiger partial charge in [0.15, 0.2) is 0 Å². The zero-order valence-corrected chi connectivity index (χ0v) is 12.1. The van der Waals surface area contributed by atoms with Gasteiger partial charge < -0.3 is 10.5 Å². The Labute approximate surface area is 116 Å². The minimum Gasteiger partial charge on any atom is -0.381 e. The number of piperidine rings is 1. The van der Waals surface area contributed by atoms with Crippen LogP contribution in [-0.4, -0.2) is 43.8 Å². The summed E-state index contributed by atoms with van der Waals surface area (Å²) in [5.41, 5.74) is 7.34. The van der Waals surface area contributed by atoms with Gasteiger partial charge in [0.05, 0.1) is 6.10 Å². The SMILES string of the molecule is COC1CCN(CC(C)c2ccccc2)C(CN)C1.